The highest BCUT2D eigenvalue weighted by molar-refractivity contribution is 5.77. The summed E-state index contributed by atoms with van der Waals surface area (Å²) in [5.74, 6) is 1.02. The van der Waals surface area contributed by atoms with E-state index >= 15 is 0 Å². The number of imidazole rings is 1. The predicted molar refractivity (Wildman–Crippen MR) is 132 cm³/mol. The lowest BCUT2D eigenvalue weighted by Gasteiger charge is -2.29. The summed E-state index contributed by atoms with van der Waals surface area (Å²) in [5.41, 5.74) is 3.90. The van der Waals surface area contributed by atoms with Crippen molar-refractivity contribution in [3.8, 4) is 0 Å². The Morgan fingerprint density at radius 1 is 1.00 bits per heavy atom. The number of aryl methyl sites for hydroxylation is 1. The van der Waals surface area contributed by atoms with E-state index in [2.05, 4.69) is 39.2 Å². The second kappa shape index (κ2) is 9.77. The summed E-state index contributed by atoms with van der Waals surface area (Å²) in [7, 11) is 0. The zero-order valence-electron chi connectivity index (χ0n) is 19.2. The van der Waals surface area contributed by atoms with Crippen molar-refractivity contribution in [2.24, 2.45) is 5.92 Å². The van der Waals surface area contributed by atoms with E-state index in [1.54, 1.807) is 24.4 Å². The molecule has 5 rings (SSSR count). The van der Waals surface area contributed by atoms with Gasteiger partial charge in [0.1, 0.15) is 11.3 Å². The van der Waals surface area contributed by atoms with Gasteiger partial charge in [0.2, 0.25) is 11.9 Å². The van der Waals surface area contributed by atoms with E-state index in [9.17, 15) is 9.50 Å². The van der Waals surface area contributed by atoms with Crippen molar-refractivity contribution in [1.29, 1.82) is 0 Å². The normalized spacial score (nSPS) is 18.2. The van der Waals surface area contributed by atoms with Crippen LogP contribution in [0.5, 0.6) is 0 Å². The van der Waals surface area contributed by atoms with E-state index in [-0.39, 0.29) is 18.5 Å². The van der Waals surface area contributed by atoms with Gasteiger partial charge in [0.05, 0.1) is 11.9 Å². The van der Waals surface area contributed by atoms with Gasteiger partial charge in [-0.3, -0.25) is 4.57 Å². The second-order valence-corrected chi connectivity index (χ2v) is 8.85. The van der Waals surface area contributed by atoms with Crippen LogP contribution in [0.2, 0.25) is 0 Å². The van der Waals surface area contributed by atoms with Gasteiger partial charge in [0, 0.05) is 18.3 Å². The number of hydrogen-bond donors (Lipinski definition) is 3. The topological polar surface area (TPSA) is 87.9 Å². The number of halogens is 1. The van der Waals surface area contributed by atoms with Gasteiger partial charge >= 0.3 is 0 Å². The van der Waals surface area contributed by atoms with Gasteiger partial charge in [-0.1, -0.05) is 31.2 Å². The van der Waals surface area contributed by atoms with Crippen LogP contribution in [0.4, 0.5) is 27.7 Å². The van der Waals surface area contributed by atoms with Gasteiger partial charge in [0.25, 0.3) is 0 Å². The van der Waals surface area contributed by atoms with E-state index in [1.807, 2.05) is 12.1 Å². The Kier molecular flexibility index (Phi) is 6.40. The van der Waals surface area contributed by atoms with Crippen LogP contribution in [0.1, 0.15) is 44.2 Å². The van der Waals surface area contributed by atoms with Gasteiger partial charge in [-0.2, -0.15) is 4.98 Å². The van der Waals surface area contributed by atoms with Crippen LogP contribution in [-0.4, -0.2) is 31.2 Å². The molecule has 2 aromatic heterocycles. The molecular formula is C26H29FN6O. The lowest BCUT2D eigenvalue weighted by molar-refractivity contribution is 0.170. The number of anilines is 4. The zero-order valence-corrected chi connectivity index (χ0v) is 19.2. The first kappa shape index (κ1) is 22.3. The fourth-order valence-electron chi connectivity index (χ4n) is 4.61. The Labute approximate surface area is 198 Å². The number of benzene rings is 2. The highest BCUT2D eigenvalue weighted by Gasteiger charge is 2.27. The Morgan fingerprint density at radius 3 is 2.47 bits per heavy atom. The smallest absolute Gasteiger partial charge is 0.229 e. The maximum absolute atomic E-state index is 14.4. The van der Waals surface area contributed by atoms with Crippen LogP contribution in [0.3, 0.4) is 0 Å². The van der Waals surface area contributed by atoms with Gasteiger partial charge in [-0.05, 0) is 67.9 Å². The minimum absolute atomic E-state index is 0.147. The average Bonchev–Trinajstić information content (AvgIpc) is 3.23. The van der Waals surface area contributed by atoms with E-state index in [4.69, 9.17) is 9.97 Å². The summed E-state index contributed by atoms with van der Waals surface area (Å²) in [5, 5.41) is 16.0. The van der Waals surface area contributed by atoms with Crippen LogP contribution in [-0.2, 0) is 6.42 Å². The van der Waals surface area contributed by atoms with Crippen LogP contribution in [0, 0.1) is 11.7 Å². The van der Waals surface area contributed by atoms with Crippen molar-refractivity contribution in [3.05, 3.63) is 66.1 Å². The highest BCUT2D eigenvalue weighted by atomic mass is 19.1. The van der Waals surface area contributed by atoms with Gasteiger partial charge in [0.15, 0.2) is 5.65 Å². The fraction of sp³-hybridized carbons (Fsp3) is 0.346. The molecular weight excluding hydrogens is 431 g/mol. The Morgan fingerprint density at radius 2 is 1.76 bits per heavy atom. The third-order valence-corrected chi connectivity index (χ3v) is 6.61. The third-order valence-electron chi connectivity index (χ3n) is 6.61. The maximum Gasteiger partial charge on any atom is 0.229 e. The number of aliphatic hydroxyl groups excluding tert-OH is 1. The standard InChI is InChI=1S/C26H29FN6O/c1-2-17-7-11-19(12-8-17)29-25-28-15-23-24(32-25)33(20-13-9-18(16-34)10-14-20)26(31-23)30-22-6-4-3-5-21(22)27/h3-8,11-12,15,18,20,34H,2,9-10,13-14,16H2,1H3,(H,30,31)(H,28,29,32)/t18-,20-. The summed E-state index contributed by atoms with van der Waals surface area (Å²) in [6, 6.07) is 14.9. The van der Waals surface area contributed by atoms with Crippen LogP contribution in [0.15, 0.2) is 54.7 Å². The highest BCUT2D eigenvalue weighted by Crippen LogP contribution is 2.37. The van der Waals surface area contributed by atoms with Crippen molar-refractivity contribution in [1.82, 2.24) is 19.5 Å². The molecule has 4 aromatic rings. The number of rotatable bonds is 7. The molecule has 0 unspecified atom stereocenters. The van der Waals surface area contributed by atoms with Crippen LogP contribution < -0.4 is 10.6 Å². The molecule has 1 fully saturated rings. The first-order valence-electron chi connectivity index (χ1n) is 11.9. The van der Waals surface area contributed by atoms with Crippen molar-refractivity contribution in [2.45, 2.75) is 45.1 Å². The summed E-state index contributed by atoms with van der Waals surface area (Å²) in [6.45, 7) is 2.34. The third kappa shape index (κ3) is 4.59. The van der Waals surface area contributed by atoms with Crippen LogP contribution >= 0.6 is 0 Å². The molecule has 34 heavy (non-hydrogen) atoms. The predicted octanol–water partition coefficient (Wildman–Crippen LogP) is 5.74. The summed E-state index contributed by atoms with van der Waals surface area (Å²) in [6.07, 6.45) is 6.34. The average molecular weight is 461 g/mol. The van der Waals surface area contributed by atoms with Gasteiger partial charge in [-0.25, -0.2) is 14.4 Å². The first-order chi connectivity index (χ1) is 16.6. The molecule has 0 aliphatic heterocycles. The molecule has 0 saturated heterocycles. The number of aromatic nitrogens is 4. The van der Waals surface area contributed by atoms with E-state index in [0.29, 0.717) is 34.7 Å². The largest absolute Gasteiger partial charge is 0.396 e. The lowest BCUT2D eigenvalue weighted by atomic mass is 9.86. The second-order valence-electron chi connectivity index (χ2n) is 8.85. The molecule has 176 valence electrons. The molecule has 0 amide bonds. The molecule has 1 saturated carbocycles. The monoisotopic (exact) mass is 460 g/mol. The molecule has 0 radical (unpaired) electrons. The van der Waals surface area contributed by atoms with Gasteiger partial charge < -0.3 is 15.7 Å². The first-order valence-corrected chi connectivity index (χ1v) is 11.9. The summed E-state index contributed by atoms with van der Waals surface area (Å²) >= 11 is 0. The molecule has 0 atom stereocenters. The van der Waals surface area contributed by atoms with Crippen molar-refractivity contribution in [3.63, 3.8) is 0 Å². The number of para-hydroxylation sites is 1. The van der Waals surface area contributed by atoms with E-state index in [0.717, 1.165) is 37.8 Å². The molecule has 0 bridgehead atoms. The molecule has 7 nitrogen and oxygen atoms in total. The van der Waals surface area contributed by atoms with Crippen molar-refractivity contribution < 1.29 is 9.50 Å². The number of fused-ring (bicyclic) bond motifs is 1. The van der Waals surface area contributed by atoms with E-state index in [1.165, 1.54) is 11.6 Å². The SMILES string of the molecule is CCc1ccc(Nc2ncc3nc(Nc4ccccc4F)n([C@H]4CC[C@H](CO)CC4)c3n2)cc1. The molecule has 3 N–H and O–H groups in total. The van der Waals surface area contributed by atoms with Gasteiger partial charge in [-0.15, -0.1) is 0 Å². The number of nitrogens with zero attached hydrogens (tertiary/aromatic N) is 4. The minimum Gasteiger partial charge on any atom is -0.396 e. The molecule has 1 aliphatic carbocycles. The molecule has 1 aliphatic rings. The molecule has 0 spiro atoms. The number of nitrogens with one attached hydrogen (secondary N) is 2. The summed E-state index contributed by atoms with van der Waals surface area (Å²) < 4.78 is 16.5. The quantitative estimate of drug-likeness (QED) is 0.326. The lowest BCUT2D eigenvalue weighted by Crippen LogP contribution is -2.21. The minimum atomic E-state index is -0.339. The van der Waals surface area contributed by atoms with Crippen molar-refractivity contribution in [2.75, 3.05) is 17.2 Å². The molecule has 2 heterocycles. The van der Waals surface area contributed by atoms with Crippen molar-refractivity contribution >= 4 is 34.4 Å². The van der Waals surface area contributed by atoms with E-state index < -0.39 is 0 Å². The fourth-order valence-corrected chi connectivity index (χ4v) is 4.61. The Balaban J connectivity index is 1.51. The van der Waals surface area contributed by atoms with Crippen LogP contribution in [0.25, 0.3) is 11.2 Å². The number of hydrogen-bond acceptors (Lipinski definition) is 6. The number of aliphatic hydroxyl groups is 1. The molecule has 8 heteroatoms. The maximum atomic E-state index is 14.4. The Hall–Kier alpha value is -3.52. The zero-order chi connectivity index (χ0) is 23.5. The Bertz CT molecular complexity index is 1260. The molecule has 2 aromatic carbocycles. The summed E-state index contributed by atoms with van der Waals surface area (Å²) in [4.78, 5) is 14.0.